The lowest BCUT2D eigenvalue weighted by Gasteiger charge is -2.20. The van der Waals surface area contributed by atoms with E-state index in [9.17, 15) is 19.5 Å². The summed E-state index contributed by atoms with van der Waals surface area (Å²) in [6.07, 6.45) is 0. The zero-order chi connectivity index (χ0) is 17.6. The summed E-state index contributed by atoms with van der Waals surface area (Å²) in [5.74, 6) is -1.82. The molecule has 0 radical (unpaired) electrons. The first kappa shape index (κ1) is 15.7. The van der Waals surface area contributed by atoms with Crippen LogP contribution >= 0.6 is 0 Å². The Labute approximate surface area is 137 Å². The molecule has 1 heterocycles. The molecule has 0 bridgehead atoms. The predicted octanol–water partition coefficient (Wildman–Crippen LogP) is 3.13. The van der Waals surface area contributed by atoms with Crippen molar-refractivity contribution >= 4 is 45.1 Å². The molecule has 2 N–H and O–H groups in total. The Balaban J connectivity index is 2.54. The number of nitrogens with zero attached hydrogens (tertiary/aromatic N) is 1. The highest BCUT2D eigenvalue weighted by molar-refractivity contribution is 6.23. The number of fused-ring (bicyclic) bond motifs is 3. The van der Waals surface area contributed by atoms with Gasteiger partial charge in [-0.05, 0) is 19.1 Å². The number of aromatic amines is 1. The van der Waals surface area contributed by atoms with Crippen molar-refractivity contribution in [1.29, 1.82) is 0 Å². The van der Waals surface area contributed by atoms with Crippen LogP contribution in [0.2, 0.25) is 0 Å². The molecule has 0 saturated carbocycles. The first-order valence-electron chi connectivity index (χ1n) is 7.41. The van der Waals surface area contributed by atoms with Crippen LogP contribution in [0, 0.1) is 0 Å². The van der Waals surface area contributed by atoms with E-state index in [1.807, 2.05) is 24.3 Å². The first-order valence-corrected chi connectivity index (χ1v) is 7.41. The van der Waals surface area contributed by atoms with Gasteiger partial charge < -0.3 is 10.1 Å². The number of H-pyrrole nitrogens is 1. The van der Waals surface area contributed by atoms with Crippen molar-refractivity contribution in [2.75, 3.05) is 4.90 Å². The molecule has 122 valence electrons. The number of carbonyl (C=O) groups excluding carboxylic acids is 3. The molecule has 2 amide bonds. The van der Waals surface area contributed by atoms with Gasteiger partial charge >= 0.3 is 0 Å². The fraction of sp³-hybridized carbons (Fsp3) is 0.167. The second-order valence-electron chi connectivity index (χ2n) is 5.64. The third-order valence-corrected chi connectivity index (χ3v) is 3.98. The highest BCUT2D eigenvalue weighted by Gasteiger charge is 2.27. The second-order valence-corrected chi connectivity index (χ2v) is 5.64. The van der Waals surface area contributed by atoms with Gasteiger partial charge in [-0.3, -0.25) is 14.4 Å². The molecule has 0 saturated heterocycles. The quantitative estimate of drug-likeness (QED) is 0.709. The topological polar surface area (TPSA) is 90.5 Å². The molecule has 6 nitrogen and oxygen atoms in total. The van der Waals surface area contributed by atoms with Gasteiger partial charge in [0.05, 0.1) is 11.1 Å². The Kier molecular flexibility index (Phi) is 3.60. The van der Waals surface area contributed by atoms with Crippen LogP contribution in [-0.4, -0.2) is 27.7 Å². The number of carbonyl (C=O) groups is 3. The number of nitrogens with one attached hydrogen (secondary N) is 1. The van der Waals surface area contributed by atoms with Crippen molar-refractivity contribution in [3.63, 3.8) is 0 Å². The van der Waals surface area contributed by atoms with E-state index in [-0.39, 0.29) is 22.8 Å². The highest BCUT2D eigenvalue weighted by Crippen LogP contribution is 2.41. The number of Topliss-reactive ketones (excluding diaryl/α,β-unsaturated/α-hetero) is 1. The van der Waals surface area contributed by atoms with E-state index in [4.69, 9.17) is 0 Å². The maximum Gasteiger partial charge on any atom is 0.230 e. The Morgan fingerprint density at radius 2 is 1.62 bits per heavy atom. The number of amides is 2. The number of phenols is 1. The van der Waals surface area contributed by atoms with Crippen LogP contribution < -0.4 is 4.90 Å². The van der Waals surface area contributed by atoms with Crippen LogP contribution in [0.5, 0.6) is 5.75 Å². The molecule has 0 aliphatic heterocycles. The Hall–Kier alpha value is -3.15. The van der Waals surface area contributed by atoms with Gasteiger partial charge in [-0.2, -0.15) is 0 Å². The standard InChI is InChI=1S/C18H16N2O4/c1-9(21)13-8-14-12-6-4-5-7-15(12)19-16(14)17(18(13)24)20(10(2)22)11(3)23/h4-8,19,24H,1-3H3. The fourth-order valence-corrected chi connectivity index (χ4v) is 2.98. The lowest BCUT2D eigenvalue weighted by atomic mass is 10.0. The highest BCUT2D eigenvalue weighted by atomic mass is 16.3. The zero-order valence-corrected chi connectivity index (χ0v) is 13.5. The Morgan fingerprint density at radius 3 is 2.21 bits per heavy atom. The molecule has 0 atom stereocenters. The van der Waals surface area contributed by atoms with Crippen LogP contribution in [-0.2, 0) is 9.59 Å². The molecule has 3 rings (SSSR count). The van der Waals surface area contributed by atoms with Gasteiger partial charge in [0.1, 0.15) is 5.69 Å². The van der Waals surface area contributed by atoms with Gasteiger partial charge in [-0.15, -0.1) is 0 Å². The number of phenolic OH excluding ortho intramolecular Hbond substituents is 1. The van der Waals surface area contributed by atoms with Gasteiger partial charge in [0.2, 0.25) is 11.8 Å². The molecule has 2 aromatic carbocycles. The van der Waals surface area contributed by atoms with Crippen LogP contribution in [0.4, 0.5) is 5.69 Å². The lowest BCUT2D eigenvalue weighted by Crippen LogP contribution is -2.33. The first-order chi connectivity index (χ1) is 11.3. The third kappa shape index (κ3) is 2.23. The monoisotopic (exact) mass is 324 g/mol. The number of anilines is 1. The number of rotatable bonds is 2. The minimum Gasteiger partial charge on any atom is -0.505 e. The largest absolute Gasteiger partial charge is 0.505 e. The summed E-state index contributed by atoms with van der Waals surface area (Å²) in [4.78, 5) is 39.9. The molecular formula is C18H16N2O4. The van der Waals surface area contributed by atoms with E-state index in [0.717, 1.165) is 15.8 Å². The molecular weight excluding hydrogens is 308 g/mol. The van der Waals surface area contributed by atoms with Crippen LogP contribution in [0.15, 0.2) is 30.3 Å². The number of aromatic hydroxyl groups is 1. The van der Waals surface area contributed by atoms with E-state index >= 15 is 0 Å². The Bertz CT molecular complexity index is 1000. The molecule has 24 heavy (non-hydrogen) atoms. The number of hydrogen-bond acceptors (Lipinski definition) is 4. The SMILES string of the molecule is CC(=O)c1cc2c([nH]c3ccccc32)c(N(C(C)=O)C(C)=O)c1O. The summed E-state index contributed by atoms with van der Waals surface area (Å²) in [5.41, 5.74) is 1.29. The molecule has 0 spiro atoms. The average Bonchev–Trinajstić information content (AvgIpc) is 2.86. The number of imide groups is 1. The molecule has 1 aromatic heterocycles. The fourth-order valence-electron chi connectivity index (χ4n) is 2.98. The van der Waals surface area contributed by atoms with Crippen molar-refractivity contribution in [3.8, 4) is 5.75 Å². The van der Waals surface area contributed by atoms with Gasteiger partial charge in [-0.25, -0.2) is 4.90 Å². The van der Waals surface area contributed by atoms with Gasteiger partial charge in [0.15, 0.2) is 11.5 Å². The molecule has 0 unspecified atom stereocenters. The van der Waals surface area contributed by atoms with E-state index in [0.29, 0.717) is 10.9 Å². The Morgan fingerprint density at radius 1 is 1.00 bits per heavy atom. The summed E-state index contributed by atoms with van der Waals surface area (Å²) in [6, 6.07) is 8.98. The maximum atomic E-state index is 12.0. The number of benzene rings is 2. The van der Waals surface area contributed by atoms with Crippen molar-refractivity contribution in [1.82, 2.24) is 4.98 Å². The van der Waals surface area contributed by atoms with E-state index < -0.39 is 11.8 Å². The average molecular weight is 324 g/mol. The van der Waals surface area contributed by atoms with Crippen molar-refractivity contribution in [3.05, 3.63) is 35.9 Å². The minimum absolute atomic E-state index is 0.00824. The van der Waals surface area contributed by atoms with Crippen molar-refractivity contribution in [2.45, 2.75) is 20.8 Å². The van der Waals surface area contributed by atoms with Gasteiger partial charge in [0, 0.05) is 30.1 Å². The normalized spacial score (nSPS) is 11.0. The number of para-hydroxylation sites is 1. The number of aromatic nitrogens is 1. The van der Waals surface area contributed by atoms with Crippen molar-refractivity contribution in [2.24, 2.45) is 0 Å². The van der Waals surface area contributed by atoms with E-state index in [1.165, 1.54) is 20.8 Å². The zero-order valence-electron chi connectivity index (χ0n) is 13.5. The number of hydrogen-bond donors (Lipinski definition) is 2. The molecule has 6 heteroatoms. The summed E-state index contributed by atoms with van der Waals surface area (Å²) in [7, 11) is 0. The number of ketones is 1. The van der Waals surface area contributed by atoms with Crippen molar-refractivity contribution < 1.29 is 19.5 Å². The second kappa shape index (κ2) is 5.49. The summed E-state index contributed by atoms with van der Waals surface area (Å²) in [6.45, 7) is 3.79. The van der Waals surface area contributed by atoms with Crippen LogP contribution in [0.1, 0.15) is 31.1 Å². The summed E-state index contributed by atoms with van der Waals surface area (Å²) < 4.78 is 0. The van der Waals surface area contributed by atoms with Gasteiger partial charge in [-0.1, -0.05) is 18.2 Å². The molecule has 3 aromatic rings. The lowest BCUT2D eigenvalue weighted by molar-refractivity contribution is -0.124. The van der Waals surface area contributed by atoms with E-state index in [1.54, 1.807) is 6.07 Å². The molecule has 0 aliphatic rings. The maximum absolute atomic E-state index is 12.0. The molecule has 0 aliphatic carbocycles. The van der Waals surface area contributed by atoms with Gasteiger partial charge in [0.25, 0.3) is 0 Å². The minimum atomic E-state index is -0.543. The summed E-state index contributed by atoms with van der Waals surface area (Å²) in [5, 5.41) is 12.1. The third-order valence-electron chi connectivity index (χ3n) is 3.98. The predicted molar refractivity (Wildman–Crippen MR) is 91.3 cm³/mol. The molecule has 0 fully saturated rings. The van der Waals surface area contributed by atoms with Crippen LogP contribution in [0.25, 0.3) is 21.8 Å². The van der Waals surface area contributed by atoms with E-state index in [2.05, 4.69) is 4.98 Å². The van der Waals surface area contributed by atoms with Crippen LogP contribution in [0.3, 0.4) is 0 Å². The smallest absolute Gasteiger partial charge is 0.230 e. The summed E-state index contributed by atoms with van der Waals surface area (Å²) >= 11 is 0.